The maximum absolute atomic E-state index is 13.4. The fourth-order valence-corrected chi connectivity index (χ4v) is 4.48. The third-order valence-corrected chi connectivity index (χ3v) is 6.80. The van der Waals surface area contributed by atoms with Gasteiger partial charge in [0, 0.05) is 51.9 Å². The summed E-state index contributed by atoms with van der Waals surface area (Å²) in [4.78, 5) is 40.9. The first kappa shape index (κ1) is 28.1. The number of rotatable bonds is 6. The van der Waals surface area contributed by atoms with E-state index in [1.165, 1.54) is 0 Å². The number of methoxy groups -OCH3 is 1. The maximum Gasteiger partial charge on any atom is 0.336 e. The molecule has 2 N–H and O–H groups in total. The summed E-state index contributed by atoms with van der Waals surface area (Å²) in [5.41, 5.74) is 1.88. The summed E-state index contributed by atoms with van der Waals surface area (Å²) in [5.74, 6) is -0.872. The van der Waals surface area contributed by atoms with E-state index >= 15 is 0 Å². The van der Waals surface area contributed by atoms with Gasteiger partial charge in [-0.3, -0.25) is 14.5 Å². The molecule has 0 spiro atoms. The number of hydrogen-bond acceptors (Lipinski definition) is 6. The number of hydrogen-bond donors (Lipinski definition) is 2. The summed E-state index contributed by atoms with van der Waals surface area (Å²) in [6.07, 6.45) is 0.0813. The van der Waals surface area contributed by atoms with Crippen molar-refractivity contribution < 1.29 is 29.0 Å². The lowest BCUT2D eigenvalue weighted by Gasteiger charge is -2.36. The van der Waals surface area contributed by atoms with Crippen molar-refractivity contribution in [2.24, 2.45) is 5.92 Å². The Kier molecular flexibility index (Phi) is 9.66. The van der Waals surface area contributed by atoms with Crippen LogP contribution in [0.2, 0.25) is 0 Å². The molecule has 2 aromatic rings. The third-order valence-electron chi connectivity index (χ3n) is 6.80. The fourth-order valence-electron chi connectivity index (χ4n) is 4.48. The van der Waals surface area contributed by atoms with Crippen LogP contribution in [-0.2, 0) is 16.1 Å². The topological polar surface area (TPSA) is 108 Å². The van der Waals surface area contributed by atoms with Crippen LogP contribution >= 0.6 is 0 Å². The van der Waals surface area contributed by atoms with E-state index in [-0.39, 0.29) is 42.0 Å². The lowest BCUT2D eigenvalue weighted by Crippen LogP contribution is -2.46. The Morgan fingerprint density at radius 1 is 1.16 bits per heavy atom. The number of anilines is 1. The summed E-state index contributed by atoms with van der Waals surface area (Å²) in [6, 6.07) is 12.0. The molecule has 1 heterocycles. The molecular formula is C28H37N3O6. The van der Waals surface area contributed by atoms with E-state index in [2.05, 4.69) is 17.1 Å². The molecule has 1 aliphatic heterocycles. The number of nitrogens with one attached hydrogen (secondary N) is 1. The van der Waals surface area contributed by atoms with Crippen LogP contribution in [0.1, 0.15) is 53.5 Å². The number of carboxylic acids is 1. The van der Waals surface area contributed by atoms with E-state index in [0.29, 0.717) is 43.1 Å². The van der Waals surface area contributed by atoms with Crippen molar-refractivity contribution in [2.75, 3.05) is 39.2 Å². The number of benzene rings is 2. The number of likely N-dealkylation sites (N-methyl/N-ethyl adjacent to an activating group) is 1. The highest BCUT2D eigenvalue weighted by molar-refractivity contribution is 5.99. The van der Waals surface area contributed by atoms with Crippen LogP contribution in [0.3, 0.4) is 0 Å². The van der Waals surface area contributed by atoms with Crippen LogP contribution in [0.15, 0.2) is 42.5 Å². The predicted molar refractivity (Wildman–Crippen MR) is 141 cm³/mol. The molecule has 3 rings (SSSR count). The molecule has 0 saturated heterocycles. The molecular weight excluding hydrogens is 474 g/mol. The number of carbonyl (C=O) groups is 3. The minimum Gasteiger partial charge on any atom is -0.491 e. The van der Waals surface area contributed by atoms with Crippen molar-refractivity contribution in [1.82, 2.24) is 9.80 Å². The van der Waals surface area contributed by atoms with Gasteiger partial charge in [0.15, 0.2) is 0 Å². The Bertz CT molecular complexity index is 1120. The number of carboxylic acid groups (broad SMARTS) is 1. The van der Waals surface area contributed by atoms with Gasteiger partial charge in [-0.25, -0.2) is 4.79 Å². The normalized spacial score (nSPS) is 21.3. The molecule has 200 valence electrons. The van der Waals surface area contributed by atoms with Crippen LogP contribution < -0.4 is 10.1 Å². The lowest BCUT2D eigenvalue weighted by molar-refractivity contribution is -0.115. The van der Waals surface area contributed by atoms with Gasteiger partial charge in [0.2, 0.25) is 5.91 Å². The van der Waals surface area contributed by atoms with Gasteiger partial charge in [-0.15, -0.1) is 0 Å². The number of aromatic carboxylic acids is 1. The van der Waals surface area contributed by atoms with Gasteiger partial charge in [-0.05, 0) is 42.7 Å². The van der Waals surface area contributed by atoms with Crippen molar-refractivity contribution >= 4 is 23.5 Å². The average Bonchev–Trinajstić information content (AvgIpc) is 2.89. The summed E-state index contributed by atoms with van der Waals surface area (Å²) < 4.78 is 12.0. The Hall–Kier alpha value is -3.43. The summed E-state index contributed by atoms with van der Waals surface area (Å²) in [5, 5.41) is 12.5. The minimum absolute atomic E-state index is 0.0359. The van der Waals surface area contributed by atoms with Crippen LogP contribution in [0.4, 0.5) is 5.69 Å². The van der Waals surface area contributed by atoms with Gasteiger partial charge in [0.05, 0.1) is 17.2 Å². The Balaban J connectivity index is 1.97. The zero-order valence-corrected chi connectivity index (χ0v) is 22.2. The molecule has 2 amide bonds. The third kappa shape index (κ3) is 7.08. The van der Waals surface area contributed by atoms with Crippen molar-refractivity contribution in [3.63, 3.8) is 0 Å². The number of carbonyl (C=O) groups excluding carboxylic acids is 2. The van der Waals surface area contributed by atoms with Crippen molar-refractivity contribution in [3.05, 3.63) is 59.2 Å². The van der Waals surface area contributed by atoms with Gasteiger partial charge in [-0.1, -0.05) is 32.0 Å². The molecule has 1 aliphatic rings. The minimum atomic E-state index is -0.961. The number of nitrogens with zero attached hydrogens (tertiary/aromatic N) is 2. The van der Waals surface area contributed by atoms with E-state index in [1.54, 1.807) is 56.3 Å². The fraction of sp³-hybridized carbons (Fsp3) is 0.464. The first-order chi connectivity index (χ1) is 17.6. The Morgan fingerprint density at radius 2 is 1.89 bits per heavy atom. The van der Waals surface area contributed by atoms with Crippen LogP contribution in [-0.4, -0.2) is 78.7 Å². The summed E-state index contributed by atoms with van der Waals surface area (Å²) in [6.45, 7) is 7.53. The van der Waals surface area contributed by atoms with Crippen LogP contribution in [0, 0.1) is 5.92 Å². The van der Waals surface area contributed by atoms with Crippen molar-refractivity contribution in [3.8, 4) is 5.75 Å². The molecule has 9 nitrogen and oxygen atoms in total. The van der Waals surface area contributed by atoms with Crippen molar-refractivity contribution in [2.45, 2.75) is 45.9 Å². The maximum atomic E-state index is 13.4. The largest absolute Gasteiger partial charge is 0.491 e. The molecule has 37 heavy (non-hydrogen) atoms. The first-order valence-corrected chi connectivity index (χ1v) is 12.5. The molecule has 0 aliphatic carbocycles. The second-order valence-electron chi connectivity index (χ2n) is 9.60. The molecule has 0 radical (unpaired) electrons. The smallest absolute Gasteiger partial charge is 0.336 e. The second kappa shape index (κ2) is 12.7. The van der Waals surface area contributed by atoms with Gasteiger partial charge in [0.1, 0.15) is 12.4 Å². The number of fused-ring (bicyclic) bond motifs is 1. The number of amides is 2. The van der Waals surface area contributed by atoms with E-state index in [9.17, 15) is 19.5 Å². The van der Waals surface area contributed by atoms with Crippen molar-refractivity contribution in [1.29, 1.82) is 0 Å². The quantitative estimate of drug-likeness (QED) is 0.608. The highest BCUT2D eigenvalue weighted by Gasteiger charge is 2.29. The zero-order chi connectivity index (χ0) is 27.1. The van der Waals surface area contributed by atoms with E-state index in [4.69, 9.17) is 9.47 Å². The average molecular weight is 512 g/mol. The van der Waals surface area contributed by atoms with E-state index < -0.39 is 5.97 Å². The van der Waals surface area contributed by atoms with Gasteiger partial charge in [0.25, 0.3) is 5.91 Å². The molecule has 3 atom stereocenters. The molecule has 0 bridgehead atoms. The highest BCUT2D eigenvalue weighted by atomic mass is 16.5. The zero-order valence-electron chi connectivity index (χ0n) is 22.2. The van der Waals surface area contributed by atoms with Crippen LogP contribution in [0.25, 0.3) is 0 Å². The highest BCUT2D eigenvalue weighted by Crippen LogP contribution is 2.27. The second-order valence-corrected chi connectivity index (χ2v) is 9.60. The SMILES string of the molecule is CCC(=O)Nc1ccc2c(c1)C(=O)N(C)C[C@H](OC)[C@@H](C)CN(Cc1ccccc1C(=O)O)[C@@H](C)CO2. The summed E-state index contributed by atoms with van der Waals surface area (Å²) in [7, 11) is 3.35. The number of ether oxygens (including phenoxy) is 2. The predicted octanol–water partition coefficient (Wildman–Crippen LogP) is 3.74. The molecule has 2 aromatic carbocycles. The Morgan fingerprint density at radius 3 is 2.57 bits per heavy atom. The molecule has 0 aromatic heterocycles. The molecule has 0 saturated carbocycles. The van der Waals surface area contributed by atoms with E-state index in [0.717, 1.165) is 5.56 Å². The summed E-state index contributed by atoms with van der Waals surface area (Å²) >= 11 is 0. The molecule has 0 fully saturated rings. The molecule has 0 unspecified atom stereocenters. The van der Waals surface area contributed by atoms with E-state index in [1.807, 2.05) is 19.1 Å². The monoisotopic (exact) mass is 511 g/mol. The standard InChI is InChI=1S/C28H37N3O6/c1-6-26(32)29-21-11-12-24-23(13-21)27(33)30(4)16-25(36-5)18(2)14-31(19(3)17-37-24)15-20-9-7-8-10-22(20)28(34)35/h7-13,18-19,25H,6,14-17H2,1-5H3,(H,29,32)(H,34,35)/t18-,19-,25-/m0/s1. The Labute approximate surface area is 218 Å². The van der Waals surface area contributed by atoms with Gasteiger partial charge < -0.3 is 24.8 Å². The first-order valence-electron chi connectivity index (χ1n) is 12.5. The molecule has 9 heteroatoms. The van der Waals surface area contributed by atoms with Crippen LogP contribution in [0.5, 0.6) is 5.75 Å². The van der Waals surface area contributed by atoms with Gasteiger partial charge in [-0.2, -0.15) is 0 Å². The lowest BCUT2D eigenvalue weighted by atomic mass is 10.00. The van der Waals surface area contributed by atoms with Gasteiger partial charge >= 0.3 is 5.97 Å².